The Labute approximate surface area is 244 Å². The molecular formula is C31H26BrN3O6. The first-order chi connectivity index (χ1) is 19.8. The second-order valence-electron chi connectivity index (χ2n) is 10.6. The van der Waals surface area contributed by atoms with Crippen molar-refractivity contribution in [1.82, 2.24) is 10.9 Å². The molecule has 3 aromatic carbocycles. The molecule has 1 aliphatic heterocycles. The van der Waals surface area contributed by atoms with Gasteiger partial charge in [-0.05, 0) is 78.6 Å². The van der Waals surface area contributed by atoms with Gasteiger partial charge in [0, 0.05) is 10.0 Å². The topological polar surface area (TPSA) is 122 Å². The Balaban J connectivity index is 1.08. The van der Waals surface area contributed by atoms with Gasteiger partial charge in [0.25, 0.3) is 11.8 Å². The van der Waals surface area contributed by atoms with Crippen LogP contribution in [0.1, 0.15) is 45.0 Å². The molecular weight excluding hydrogens is 590 g/mol. The van der Waals surface area contributed by atoms with Crippen LogP contribution in [0.25, 0.3) is 0 Å². The van der Waals surface area contributed by atoms with Crippen LogP contribution in [0.3, 0.4) is 0 Å². The molecule has 9 nitrogen and oxygen atoms in total. The summed E-state index contributed by atoms with van der Waals surface area (Å²) in [5.41, 5.74) is 6.40. The molecule has 3 aromatic rings. The molecule has 0 radical (unpaired) electrons. The Hall–Kier alpha value is -4.31. The van der Waals surface area contributed by atoms with Gasteiger partial charge in [0.05, 0.1) is 23.1 Å². The number of carbonyl (C=O) groups excluding carboxylic acids is 5. The molecule has 41 heavy (non-hydrogen) atoms. The highest BCUT2D eigenvalue weighted by molar-refractivity contribution is 9.10. The number of benzene rings is 3. The van der Waals surface area contributed by atoms with Crippen molar-refractivity contribution in [2.75, 3.05) is 11.5 Å². The molecule has 2 bridgehead atoms. The van der Waals surface area contributed by atoms with Crippen LogP contribution in [0.5, 0.6) is 0 Å². The highest BCUT2D eigenvalue weighted by Crippen LogP contribution is 2.61. The highest BCUT2D eigenvalue weighted by atomic mass is 79.9. The maximum absolute atomic E-state index is 13.6. The predicted octanol–water partition coefficient (Wildman–Crippen LogP) is 4.00. The first kappa shape index (κ1) is 26.9. The maximum Gasteiger partial charge on any atom is 0.338 e. The number of hydrogen-bond donors (Lipinski definition) is 2. The van der Waals surface area contributed by atoms with E-state index in [-0.39, 0.29) is 47.0 Å². The Morgan fingerprint density at radius 3 is 2.32 bits per heavy atom. The van der Waals surface area contributed by atoms with E-state index in [4.69, 9.17) is 4.74 Å². The normalized spacial score (nSPS) is 24.2. The first-order valence-corrected chi connectivity index (χ1v) is 14.2. The zero-order valence-corrected chi connectivity index (χ0v) is 23.4. The molecule has 3 aliphatic rings. The molecule has 0 aromatic heterocycles. The molecule has 2 saturated carbocycles. The average Bonchev–Trinajstić information content (AvgIpc) is 3.66. The number of fused-ring (bicyclic) bond motifs is 5. The van der Waals surface area contributed by atoms with Crippen LogP contribution in [-0.2, 0) is 19.1 Å². The number of rotatable bonds is 6. The van der Waals surface area contributed by atoms with E-state index in [1.807, 2.05) is 18.2 Å². The molecule has 208 valence electrons. The Kier molecular flexibility index (Phi) is 7.17. The number of nitrogens with one attached hydrogen (secondary N) is 2. The van der Waals surface area contributed by atoms with E-state index in [9.17, 15) is 24.0 Å². The summed E-state index contributed by atoms with van der Waals surface area (Å²) in [6.07, 6.45) is 1.76. The number of halogens is 1. The van der Waals surface area contributed by atoms with E-state index in [0.29, 0.717) is 11.3 Å². The van der Waals surface area contributed by atoms with Crippen LogP contribution < -0.4 is 15.8 Å². The second kappa shape index (κ2) is 10.9. The Morgan fingerprint density at radius 1 is 0.829 bits per heavy atom. The predicted molar refractivity (Wildman–Crippen MR) is 151 cm³/mol. The minimum absolute atomic E-state index is 0.0944. The van der Waals surface area contributed by atoms with Crippen molar-refractivity contribution in [2.24, 2.45) is 23.7 Å². The fraction of sp³-hybridized carbons (Fsp3) is 0.258. The van der Waals surface area contributed by atoms with Gasteiger partial charge in [-0.1, -0.05) is 52.3 Å². The van der Waals surface area contributed by atoms with Crippen LogP contribution in [-0.4, -0.2) is 36.2 Å². The van der Waals surface area contributed by atoms with Gasteiger partial charge < -0.3 is 4.74 Å². The van der Waals surface area contributed by atoms with E-state index in [0.717, 1.165) is 17.3 Å². The Morgan fingerprint density at radius 2 is 1.56 bits per heavy atom. The molecule has 2 N–H and O–H groups in total. The molecule has 6 rings (SSSR count). The monoisotopic (exact) mass is 615 g/mol. The number of esters is 1. The maximum atomic E-state index is 13.6. The lowest BCUT2D eigenvalue weighted by Gasteiger charge is -2.28. The van der Waals surface area contributed by atoms with Gasteiger partial charge in [0.2, 0.25) is 11.8 Å². The summed E-state index contributed by atoms with van der Waals surface area (Å²) in [4.78, 5) is 65.3. The number of amides is 4. The van der Waals surface area contributed by atoms with Crippen LogP contribution in [0.15, 0.2) is 83.3 Å². The van der Waals surface area contributed by atoms with Crippen LogP contribution in [0.4, 0.5) is 5.69 Å². The lowest BCUT2D eigenvalue weighted by atomic mass is 9.73. The fourth-order valence-electron chi connectivity index (χ4n) is 6.62. The van der Waals surface area contributed by atoms with Gasteiger partial charge >= 0.3 is 5.97 Å². The number of nitrogens with zero attached hydrogens (tertiary/aromatic N) is 1. The van der Waals surface area contributed by atoms with Gasteiger partial charge in [-0.3, -0.25) is 34.9 Å². The SMILES string of the molecule is O=C(COC(=O)c1cccc(N2C(=O)[C@@H]3[C@@H]4C[C@@H]([C@H]3C2=O)[C@@H](c2ccccc2)C4)c1)NNC(=O)c1ccc(Br)cc1. The lowest BCUT2D eigenvalue weighted by Crippen LogP contribution is -2.43. The van der Waals surface area contributed by atoms with Gasteiger partial charge in [-0.2, -0.15) is 0 Å². The van der Waals surface area contributed by atoms with E-state index >= 15 is 0 Å². The fourth-order valence-corrected chi connectivity index (χ4v) is 6.88. The Bertz CT molecular complexity index is 1540. The van der Waals surface area contributed by atoms with Gasteiger partial charge in [0.15, 0.2) is 6.61 Å². The number of hydrogen-bond acceptors (Lipinski definition) is 6. The number of ether oxygens (including phenoxy) is 1. The van der Waals surface area contributed by atoms with Crippen molar-refractivity contribution in [3.05, 3.63) is 100 Å². The van der Waals surface area contributed by atoms with E-state index < -0.39 is 24.4 Å². The number of hydrazine groups is 1. The molecule has 5 atom stereocenters. The van der Waals surface area contributed by atoms with Gasteiger partial charge in [-0.15, -0.1) is 0 Å². The summed E-state index contributed by atoms with van der Waals surface area (Å²) in [5.74, 6) is -2.67. The van der Waals surface area contributed by atoms with Crippen molar-refractivity contribution in [2.45, 2.75) is 18.8 Å². The van der Waals surface area contributed by atoms with E-state index in [1.54, 1.807) is 36.4 Å². The number of anilines is 1. The van der Waals surface area contributed by atoms with Gasteiger partial charge in [0.1, 0.15) is 0 Å². The molecule has 10 heteroatoms. The summed E-state index contributed by atoms with van der Waals surface area (Å²) in [6, 6.07) is 22.8. The third-order valence-corrected chi connectivity index (χ3v) is 8.87. The summed E-state index contributed by atoms with van der Waals surface area (Å²) in [6.45, 7) is -0.639. The van der Waals surface area contributed by atoms with Crippen molar-refractivity contribution >= 4 is 51.2 Å². The summed E-state index contributed by atoms with van der Waals surface area (Å²) >= 11 is 3.28. The molecule has 3 fully saturated rings. The lowest BCUT2D eigenvalue weighted by molar-refractivity contribution is -0.125. The van der Waals surface area contributed by atoms with Crippen molar-refractivity contribution < 1.29 is 28.7 Å². The summed E-state index contributed by atoms with van der Waals surface area (Å²) < 4.78 is 5.90. The van der Waals surface area contributed by atoms with Crippen LogP contribution in [0.2, 0.25) is 0 Å². The quantitative estimate of drug-likeness (QED) is 0.246. The van der Waals surface area contributed by atoms with E-state index in [1.165, 1.54) is 22.6 Å². The van der Waals surface area contributed by atoms with Crippen molar-refractivity contribution in [3.8, 4) is 0 Å². The second-order valence-corrected chi connectivity index (χ2v) is 11.5. The molecule has 2 aliphatic carbocycles. The highest BCUT2D eigenvalue weighted by Gasteiger charge is 2.64. The van der Waals surface area contributed by atoms with Crippen molar-refractivity contribution in [1.29, 1.82) is 0 Å². The minimum atomic E-state index is -0.801. The zero-order chi connectivity index (χ0) is 28.7. The first-order valence-electron chi connectivity index (χ1n) is 13.4. The summed E-state index contributed by atoms with van der Waals surface area (Å²) in [5, 5.41) is 0. The van der Waals surface area contributed by atoms with Crippen molar-refractivity contribution in [3.63, 3.8) is 0 Å². The van der Waals surface area contributed by atoms with Crippen LogP contribution >= 0.6 is 15.9 Å². The zero-order valence-electron chi connectivity index (χ0n) is 21.8. The largest absolute Gasteiger partial charge is 0.452 e. The van der Waals surface area contributed by atoms with Crippen LogP contribution in [0, 0.1) is 23.7 Å². The molecule has 0 unspecified atom stereocenters. The molecule has 1 saturated heterocycles. The third-order valence-electron chi connectivity index (χ3n) is 8.34. The van der Waals surface area contributed by atoms with E-state index in [2.05, 4.69) is 38.9 Å². The average molecular weight is 616 g/mol. The number of imide groups is 1. The van der Waals surface area contributed by atoms with Gasteiger partial charge in [-0.25, -0.2) is 4.79 Å². The number of carbonyl (C=O) groups is 5. The smallest absolute Gasteiger partial charge is 0.338 e. The molecule has 4 amide bonds. The third kappa shape index (κ3) is 5.04. The molecule has 0 spiro atoms. The minimum Gasteiger partial charge on any atom is -0.452 e. The summed E-state index contributed by atoms with van der Waals surface area (Å²) in [7, 11) is 0. The standard InChI is InChI=1S/C31H26BrN3O6/c32-21-11-9-18(10-12-21)28(37)34-33-25(36)16-41-31(40)19-7-4-8-22(13-19)35-29(38)26-20-14-23(17-5-2-1-3-6-17)24(15-20)27(26)30(35)39/h1-13,20,23-24,26-27H,14-16H2,(H,33,36)(H,34,37)/t20-,23+,24+,26+,27+/m0/s1. The molecule has 1 heterocycles.